The normalized spacial score (nSPS) is 10.7. The Balaban J connectivity index is 1.96. The maximum absolute atomic E-state index is 12.5. The average Bonchev–Trinajstić information content (AvgIpc) is 2.90. The van der Waals surface area contributed by atoms with Gasteiger partial charge >= 0.3 is 0 Å². The Morgan fingerprint density at radius 2 is 1.92 bits per heavy atom. The van der Waals surface area contributed by atoms with Crippen LogP contribution in [0.5, 0.6) is 0 Å². The third-order valence-corrected chi connectivity index (χ3v) is 4.63. The molecular formula is C17H12BrCl2N3O. The third-order valence-electron chi connectivity index (χ3n) is 3.32. The summed E-state index contributed by atoms with van der Waals surface area (Å²) < 4.78 is 2.58. The van der Waals surface area contributed by atoms with E-state index >= 15 is 0 Å². The summed E-state index contributed by atoms with van der Waals surface area (Å²) in [7, 11) is 0. The molecule has 1 heterocycles. The van der Waals surface area contributed by atoms with Gasteiger partial charge in [-0.2, -0.15) is 5.10 Å². The SMILES string of the molecule is Cc1cc(NC(=O)c2cccc(Cl)c2Cl)n(-c2cccc(Br)c2)n1. The highest BCUT2D eigenvalue weighted by Gasteiger charge is 2.16. The maximum atomic E-state index is 12.5. The minimum absolute atomic E-state index is 0.224. The number of anilines is 1. The number of amides is 1. The number of carbonyl (C=O) groups excluding carboxylic acids is 1. The average molecular weight is 425 g/mol. The number of aryl methyl sites for hydroxylation is 1. The number of rotatable bonds is 3. The lowest BCUT2D eigenvalue weighted by Gasteiger charge is -2.10. The first-order valence-corrected chi connectivity index (χ1v) is 8.58. The standard InChI is InChI=1S/C17H12BrCl2N3O/c1-10-8-15(23(22-10)12-5-2-4-11(18)9-12)21-17(24)13-6-3-7-14(19)16(13)20/h2-9H,1H3,(H,21,24). The molecule has 0 aliphatic rings. The zero-order chi connectivity index (χ0) is 17.3. The molecule has 2 aromatic carbocycles. The molecule has 3 rings (SSSR count). The molecule has 0 aliphatic carbocycles. The molecule has 3 aromatic rings. The zero-order valence-electron chi connectivity index (χ0n) is 12.6. The van der Waals surface area contributed by atoms with Gasteiger partial charge < -0.3 is 5.32 Å². The smallest absolute Gasteiger partial charge is 0.258 e. The number of halogens is 3. The minimum atomic E-state index is -0.348. The van der Waals surface area contributed by atoms with Gasteiger partial charge in [-0.25, -0.2) is 4.68 Å². The molecule has 0 bridgehead atoms. The summed E-state index contributed by atoms with van der Waals surface area (Å²) in [6.07, 6.45) is 0. The number of nitrogens with one attached hydrogen (secondary N) is 1. The van der Waals surface area contributed by atoms with Crippen molar-refractivity contribution in [2.45, 2.75) is 6.92 Å². The second-order valence-corrected chi connectivity index (χ2v) is 6.82. The molecule has 0 saturated carbocycles. The molecular weight excluding hydrogens is 413 g/mol. The van der Waals surface area contributed by atoms with Crippen molar-refractivity contribution in [2.75, 3.05) is 5.32 Å². The molecule has 122 valence electrons. The van der Waals surface area contributed by atoms with Gasteiger partial charge in [0.15, 0.2) is 0 Å². The van der Waals surface area contributed by atoms with E-state index in [1.54, 1.807) is 28.9 Å². The maximum Gasteiger partial charge on any atom is 0.258 e. The van der Waals surface area contributed by atoms with Crippen molar-refractivity contribution < 1.29 is 4.79 Å². The predicted octanol–water partition coefficient (Wildman–Crippen LogP) is 5.50. The lowest BCUT2D eigenvalue weighted by Crippen LogP contribution is -2.15. The summed E-state index contributed by atoms with van der Waals surface area (Å²) in [4.78, 5) is 12.5. The predicted molar refractivity (Wildman–Crippen MR) is 100 cm³/mol. The summed E-state index contributed by atoms with van der Waals surface area (Å²) in [6, 6.07) is 14.4. The van der Waals surface area contributed by atoms with Crippen molar-refractivity contribution in [3.8, 4) is 5.69 Å². The monoisotopic (exact) mass is 423 g/mol. The van der Waals surface area contributed by atoms with E-state index in [2.05, 4.69) is 26.3 Å². The van der Waals surface area contributed by atoms with Crippen LogP contribution in [-0.4, -0.2) is 15.7 Å². The Labute approximate surface area is 157 Å². The van der Waals surface area contributed by atoms with E-state index in [0.717, 1.165) is 15.9 Å². The molecule has 0 spiro atoms. The van der Waals surface area contributed by atoms with E-state index in [1.807, 2.05) is 31.2 Å². The molecule has 24 heavy (non-hydrogen) atoms. The third kappa shape index (κ3) is 3.48. The Bertz CT molecular complexity index is 924. The summed E-state index contributed by atoms with van der Waals surface area (Å²) in [5, 5.41) is 7.83. The largest absolute Gasteiger partial charge is 0.306 e. The summed E-state index contributed by atoms with van der Waals surface area (Å²) in [6.45, 7) is 1.86. The first-order valence-electron chi connectivity index (χ1n) is 7.03. The van der Waals surface area contributed by atoms with Crippen LogP contribution < -0.4 is 5.32 Å². The fourth-order valence-corrected chi connectivity index (χ4v) is 3.03. The Morgan fingerprint density at radius 1 is 1.17 bits per heavy atom. The van der Waals surface area contributed by atoms with Gasteiger partial charge in [0.05, 0.1) is 27.0 Å². The highest BCUT2D eigenvalue weighted by atomic mass is 79.9. The lowest BCUT2D eigenvalue weighted by molar-refractivity contribution is 0.102. The zero-order valence-corrected chi connectivity index (χ0v) is 15.7. The van der Waals surface area contributed by atoms with Crippen molar-refractivity contribution in [3.63, 3.8) is 0 Å². The molecule has 0 unspecified atom stereocenters. The number of aromatic nitrogens is 2. The van der Waals surface area contributed by atoms with Gasteiger partial charge in [0, 0.05) is 10.5 Å². The van der Waals surface area contributed by atoms with E-state index in [9.17, 15) is 4.79 Å². The van der Waals surface area contributed by atoms with Gasteiger partial charge in [0.25, 0.3) is 5.91 Å². The van der Waals surface area contributed by atoms with Crippen LogP contribution in [0.1, 0.15) is 16.1 Å². The fourth-order valence-electron chi connectivity index (χ4n) is 2.26. The topological polar surface area (TPSA) is 46.9 Å². The van der Waals surface area contributed by atoms with Crippen molar-refractivity contribution >= 4 is 50.9 Å². The van der Waals surface area contributed by atoms with Gasteiger partial charge in [-0.05, 0) is 37.3 Å². The van der Waals surface area contributed by atoms with E-state index < -0.39 is 0 Å². The van der Waals surface area contributed by atoms with Crippen LogP contribution in [0.2, 0.25) is 10.0 Å². The highest BCUT2D eigenvalue weighted by Crippen LogP contribution is 2.27. The van der Waals surface area contributed by atoms with Crippen molar-refractivity contribution in [3.05, 3.63) is 74.3 Å². The fraction of sp³-hybridized carbons (Fsp3) is 0.0588. The number of nitrogens with zero attached hydrogens (tertiary/aromatic N) is 2. The second kappa shape index (κ2) is 6.97. The number of hydrogen-bond acceptors (Lipinski definition) is 2. The van der Waals surface area contributed by atoms with E-state index in [1.165, 1.54) is 0 Å². The quantitative estimate of drug-likeness (QED) is 0.603. The first kappa shape index (κ1) is 17.0. The van der Waals surface area contributed by atoms with Crippen LogP contribution in [0.4, 0.5) is 5.82 Å². The molecule has 0 aliphatic heterocycles. The summed E-state index contributed by atoms with van der Waals surface area (Å²) in [5.74, 6) is 0.199. The molecule has 0 saturated heterocycles. The van der Waals surface area contributed by atoms with Gasteiger partial charge in [-0.3, -0.25) is 4.79 Å². The first-order chi connectivity index (χ1) is 11.5. The van der Waals surface area contributed by atoms with Crippen LogP contribution in [0.25, 0.3) is 5.69 Å². The van der Waals surface area contributed by atoms with Crippen molar-refractivity contribution in [2.24, 2.45) is 0 Å². The summed E-state index contributed by atoms with van der Waals surface area (Å²) in [5.41, 5.74) is 1.91. The molecule has 1 amide bonds. The van der Waals surface area contributed by atoms with Crippen LogP contribution in [0.3, 0.4) is 0 Å². The van der Waals surface area contributed by atoms with E-state index in [4.69, 9.17) is 23.2 Å². The molecule has 0 fully saturated rings. The van der Waals surface area contributed by atoms with Gasteiger partial charge in [0.2, 0.25) is 0 Å². The Hall–Kier alpha value is -1.82. The summed E-state index contributed by atoms with van der Waals surface area (Å²) >= 11 is 15.5. The van der Waals surface area contributed by atoms with Crippen molar-refractivity contribution in [1.82, 2.24) is 9.78 Å². The molecule has 4 nitrogen and oxygen atoms in total. The van der Waals surface area contributed by atoms with E-state index in [0.29, 0.717) is 16.4 Å². The minimum Gasteiger partial charge on any atom is -0.306 e. The molecule has 1 aromatic heterocycles. The van der Waals surface area contributed by atoms with Gasteiger partial charge in [-0.1, -0.05) is 51.3 Å². The highest BCUT2D eigenvalue weighted by molar-refractivity contribution is 9.10. The number of benzene rings is 2. The lowest BCUT2D eigenvalue weighted by atomic mass is 10.2. The number of hydrogen-bond donors (Lipinski definition) is 1. The van der Waals surface area contributed by atoms with Crippen molar-refractivity contribution in [1.29, 1.82) is 0 Å². The second-order valence-electron chi connectivity index (χ2n) is 5.12. The molecule has 0 atom stereocenters. The van der Waals surface area contributed by atoms with Gasteiger partial charge in [0.1, 0.15) is 5.82 Å². The molecule has 0 radical (unpaired) electrons. The number of carbonyl (C=O) groups is 1. The molecule has 1 N–H and O–H groups in total. The van der Waals surface area contributed by atoms with Crippen LogP contribution in [0, 0.1) is 6.92 Å². The van der Waals surface area contributed by atoms with Crippen LogP contribution in [-0.2, 0) is 0 Å². The van der Waals surface area contributed by atoms with Gasteiger partial charge in [-0.15, -0.1) is 0 Å². The van der Waals surface area contributed by atoms with Crippen LogP contribution in [0.15, 0.2) is 53.0 Å². The van der Waals surface area contributed by atoms with Crippen LogP contribution >= 0.6 is 39.1 Å². The molecule has 7 heteroatoms. The Morgan fingerprint density at radius 3 is 2.67 bits per heavy atom. The van der Waals surface area contributed by atoms with E-state index in [-0.39, 0.29) is 10.9 Å². The Kier molecular flexibility index (Phi) is 4.94.